The molecule has 2 aromatic carbocycles. The van der Waals surface area contributed by atoms with Gasteiger partial charge in [-0.3, -0.25) is 4.72 Å². The molecule has 0 aliphatic carbocycles. The molecule has 2 unspecified atom stereocenters. The third-order valence-electron chi connectivity index (χ3n) is 4.50. The average Bonchev–Trinajstić information content (AvgIpc) is 2.59. The van der Waals surface area contributed by atoms with Crippen molar-refractivity contribution in [1.82, 2.24) is 0 Å². The molecule has 2 atom stereocenters. The van der Waals surface area contributed by atoms with Crippen LogP contribution in [-0.2, 0) is 14.8 Å². The van der Waals surface area contributed by atoms with Crippen LogP contribution in [0.3, 0.4) is 0 Å². The Balaban J connectivity index is 1.89. The highest BCUT2D eigenvalue weighted by atomic mass is 35.5. The third-order valence-corrected chi connectivity index (χ3v) is 6.35. The first-order valence-corrected chi connectivity index (χ1v) is 10.8. The molecular formula is C19H19ClF2N2O5S. The number of carboxylic acid groups (broad SMARTS) is 1. The van der Waals surface area contributed by atoms with Crippen LogP contribution >= 0.6 is 11.6 Å². The summed E-state index contributed by atoms with van der Waals surface area (Å²) in [6.45, 7) is 4.72. The van der Waals surface area contributed by atoms with E-state index in [-0.39, 0.29) is 17.9 Å². The van der Waals surface area contributed by atoms with Gasteiger partial charge in [-0.05, 0) is 38.1 Å². The third kappa shape index (κ3) is 4.66. The van der Waals surface area contributed by atoms with Gasteiger partial charge in [0.1, 0.15) is 16.5 Å². The van der Waals surface area contributed by atoms with E-state index in [4.69, 9.17) is 21.4 Å². The summed E-state index contributed by atoms with van der Waals surface area (Å²) in [5, 5.41) is 8.50. The molecular weight excluding hydrogens is 442 g/mol. The number of carboxylic acids is 1. The number of rotatable bonds is 5. The Kier molecular flexibility index (Phi) is 6.21. The summed E-state index contributed by atoms with van der Waals surface area (Å²) in [7, 11) is -4.40. The molecule has 7 nitrogen and oxygen atoms in total. The van der Waals surface area contributed by atoms with Crippen molar-refractivity contribution in [3.8, 4) is 0 Å². The number of halogens is 3. The van der Waals surface area contributed by atoms with Crippen LogP contribution < -0.4 is 9.62 Å². The number of nitrogens with one attached hydrogen (secondary N) is 1. The minimum Gasteiger partial charge on any atom is -0.478 e. The van der Waals surface area contributed by atoms with E-state index in [9.17, 15) is 22.0 Å². The highest BCUT2D eigenvalue weighted by molar-refractivity contribution is 7.92. The summed E-state index contributed by atoms with van der Waals surface area (Å²) in [5.41, 5.74) is -0.646. The molecule has 2 aromatic rings. The van der Waals surface area contributed by atoms with Gasteiger partial charge in [0.2, 0.25) is 0 Å². The Morgan fingerprint density at radius 1 is 1.17 bits per heavy atom. The molecule has 0 aromatic heterocycles. The molecule has 1 fully saturated rings. The maximum Gasteiger partial charge on any atom is 0.338 e. The topological polar surface area (TPSA) is 95.9 Å². The first-order valence-electron chi connectivity index (χ1n) is 8.93. The molecule has 0 spiro atoms. The molecule has 0 saturated carbocycles. The van der Waals surface area contributed by atoms with Crippen molar-refractivity contribution in [3.05, 3.63) is 52.6 Å². The van der Waals surface area contributed by atoms with Crippen LogP contribution in [0.5, 0.6) is 0 Å². The van der Waals surface area contributed by atoms with Crippen molar-refractivity contribution in [1.29, 1.82) is 0 Å². The molecule has 30 heavy (non-hydrogen) atoms. The number of anilines is 2. The van der Waals surface area contributed by atoms with Crippen molar-refractivity contribution < 1.29 is 31.8 Å². The lowest BCUT2D eigenvalue weighted by Gasteiger charge is -2.37. The minimum atomic E-state index is -4.40. The SMILES string of the molecule is CC1CN(c2ccc(NS(=O)(=O)c3cc(C(=O)O)c(F)cc3Cl)cc2F)CC(C)O1. The summed E-state index contributed by atoms with van der Waals surface area (Å²) >= 11 is 5.80. The fourth-order valence-corrected chi connectivity index (χ4v) is 4.90. The van der Waals surface area contributed by atoms with Gasteiger partial charge in [-0.25, -0.2) is 22.0 Å². The lowest BCUT2D eigenvalue weighted by atomic mass is 10.2. The van der Waals surface area contributed by atoms with Crippen LogP contribution in [0.4, 0.5) is 20.2 Å². The number of morpholine rings is 1. The van der Waals surface area contributed by atoms with E-state index in [1.165, 1.54) is 12.1 Å². The molecule has 1 aliphatic rings. The van der Waals surface area contributed by atoms with Gasteiger partial charge in [-0.15, -0.1) is 0 Å². The number of benzene rings is 2. The van der Waals surface area contributed by atoms with E-state index >= 15 is 0 Å². The van der Waals surface area contributed by atoms with Crippen molar-refractivity contribution in [3.63, 3.8) is 0 Å². The minimum absolute atomic E-state index is 0.0876. The number of hydrogen-bond acceptors (Lipinski definition) is 5. The Morgan fingerprint density at radius 3 is 2.37 bits per heavy atom. The molecule has 11 heteroatoms. The zero-order valence-corrected chi connectivity index (χ0v) is 17.6. The van der Waals surface area contributed by atoms with Gasteiger partial charge < -0.3 is 14.7 Å². The second-order valence-corrected chi connectivity index (χ2v) is 9.06. The second kappa shape index (κ2) is 8.37. The normalized spacial score (nSPS) is 19.6. The molecule has 1 aliphatic heterocycles. The van der Waals surface area contributed by atoms with Crippen LogP contribution in [0.15, 0.2) is 35.2 Å². The van der Waals surface area contributed by atoms with E-state index < -0.39 is 43.1 Å². The second-order valence-electron chi connectivity index (χ2n) is 7.00. The monoisotopic (exact) mass is 460 g/mol. The lowest BCUT2D eigenvalue weighted by molar-refractivity contribution is -0.00539. The Bertz CT molecular complexity index is 1090. The van der Waals surface area contributed by atoms with E-state index in [2.05, 4.69) is 4.72 Å². The van der Waals surface area contributed by atoms with Gasteiger partial charge in [-0.2, -0.15) is 0 Å². The summed E-state index contributed by atoms with van der Waals surface area (Å²) in [6.07, 6.45) is -0.175. The average molecular weight is 461 g/mol. The predicted molar refractivity (Wildman–Crippen MR) is 108 cm³/mol. The Morgan fingerprint density at radius 2 is 1.80 bits per heavy atom. The maximum absolute atomic E-state index is 14.7. The Hall–Kier alpha value is -2.43. The number of aromatic carboxylic acids is 1. The fraction of sp³-hybridized carbons (Fsp3) is 0.316. The first kappa shape index (κ1) is 22.3. The van der Waals surface area contributed by atoms with Crippen LogP contribution in [0.25, 0.3) is 0 Å². The largest absolute Gasteiger partial charge is 0.478 e. The highest BCUT2D eigenvalue weighted by Gasteiger charge is 2.26. The number of ether oxygens (including phenoxy) is 1. The molecule has 0 radical (unpaired) electrons. The van der Waals surface area contributed by atoms with E-state index in [1.54, 1.807) is 0 Å². The van der Waals surface area contributed by atoms with E-state index in [0.29, 0.717) is 30.9 Å². The fourth-order valence-electron chi connectivity index (χ4n) is 3.31. The van der Waals surface area contributed by atoms with Crippen LogP contribution in [0, 0.1) is 11.6 Å². The van der Waals surface area contributed by atoms with Gasteiger partial charge in [0.15, 0.2) is 0 Å². The van der Waals surface area contributed by atoms with Gasteiger partial charge in [0.05, 0.1) is 34.2 Å². The quantitative estimate of drug-likeness (QED) is 0.705. The zero-order valence-electron chi connectivity index (χ0n) is 16.0. The van der Waals surface area contributed by atoms with Crippen molar-refractivity contribution in [2.24, 2.45) is 0 Å². The van der Waals surface area contributed by atoms with Crippen LogP contribution in [0.1, 0.15) is 24.2 Å². The molecule has 3 rings (SSSR count). The standard InChI is InChI=1S/C19H19ClF2N2O5S/c1-10-8-24(9-11(2)29-10)17-4-3-12(5-16(17)22)23-30(27,28)18-6-13(19(25)26)15(21)7-14(18)20/h3-7,10-11,23H,8-9H2,1-2H3,(H,25,26). The number of hydrogen-bond donors (Lipinski definition) is 2. The van der Waals surface area contributed by atoms with Gasteiger partial charge in [0, 0.05) is 19.2 Å². The summed E-state index contributed by atoms with van der Waals surface area (Å²) in [6, 6.07) is 5.03. The molecule has 1 heterocycles. The lowest BCUT2D eigenvalue weighted by Crippen LogP contribution is -2.45. The summed E-state index contributed by atoms with van der Waals surface area (Å²) < 4.78 is 61.4. The molecule has 2 N–H and O–H groups in total. The van der Waals surface area contributed by atoms with Gasteiger partial charge >= 0.3 is 5.97 Å². The van der Waals surface area contributed by atoms with Crippen molar-refractivity contribution in [2.75, 3.05) is 22.7 Å². The Labute approximate surface area is 177 Å². The van der Waals surface area contributed by atoms with Crippen molar-refractivity contribution >= 4 is 39.0 Å². The number of sulfonamides is 1. The van der Waals surface area contributed by atoms with Gasteiger partial charge in [-0.1, -0.05) is 11.6 Å². The highest BCUT2D eigenvalue weighted by Crippen LogP contribution is 2.30. The molecule has 1 saturated heterocycles. The zero-order chi connectivity index (χ0) is 22.2. The maximum atomic E-state index is 14.7. The molecule has 0 bridgehead atoms. The van der Waals surface area contributed by atoms with E-state index in [0.717, 1.165) is 6.07 Å². The molecule has 0 amide bonds. The number of carbonyl (C=O) groups is 1. The van der Waals surface area contributed by atoms with Crippen LogP contribution in [0.2, 0.25) is 5.02 Å². The van der Waals surface area contributed by atoms with E-state index in [1.807, 2.05) is 18.7 Å². The first-order chi connectivity index (χ1) is 14.0. The van der Waals surface area contributed by atoms with Crippen molar-refractivity contribution in [2.45, 2.75) is 31.0 Å². The predicted octanol–water partition coefficient (Wildman–Crippen LogP) is 3.73. The number of nitrogens with zero attached hydrogens (tertiary/aromatic N) is 1. The summed E-state index contributed by atoms with van der Waals surface area (Å²) in [4.78, 5) is 12.3. The van der Waals surface area contributed by atoms with Gasteiger partial charge in [0.25, 0.3) is 10.0 Å². The smallest absolute Gasteiger partial charge is 0.338 e. The van der Waals surface area contributed by atoms with Crippen LogP contribution in [-0.4, -0.2) is 44.8 Å². The molecule has 162 valence electrons. The summed E-state index contributed by atoms with van der Waals surface area (Å²) in [5.74, 6) is -3.46.